The predicted molar refractivity (Wildman–Crippen MR) is 107 cm³/mol. The minimum absolute atomic E-state index is 0.0747. The number of carboxylic acids is 1. The molecule has 0 radical (unpaired) electrons. The smallest absolute Gasteiger partial charge is 0.0602 e. The number of hydrogen-bond acceptors (Lipinski definition) is 5. The summed E-state index contributed by atoms with van der Waals surface area (Å²) in [6, 6.07) is 0. The topological polar surface area (TPSA) is 101 Å². The molecule has 0 aromatic carbocycles. The molecule has 0 spiro atoms. The van der Waals surface area contributed by atoms with Crippen LogP contribution in [-0.2, 0) is 4.79 Å². The van der Waals surface area contributed by atoms with Crippen molar-refractivity contribution in [3.05, 3.63) is 0 Å². The average Bonchev–Trinajstić information content (AvgIpc) is 3.01. The van der Waals surface area contributed by atoms with Gasteiger partial charge in [-0.3, -0.25) is 0 Å². The van der Waals surface area contributed by atoms with Crippen LogP contribution < -0.4 is 5.11 Å². The Morgan fingerprint density at radius 3 is 2.48 bits per heavy atom. The van der Waals surface area contributed by atoms with Gasteiger partial charge in [-0.25, -0.2) is 0 Å². The van der Waals surface area contributed by atoms with E-state index in [1.807, 2.05) is 0 Å². The predicted octanol–water partition coefficient (Wildman–Crippen LogP) is 2.11. The number of rotatable bonds is 4. The van der Waals surface area contributed by atoms with Crippen LogP contribution in [0.15, 0.2) is 0 Å². The minimum atomic E-state index is -0.998. The quantitative estimate of drug-likeness (QED) is 0.663. The molecule has 29 heavy (non-hydrogen) atoms. The summed E-state index contributed by atoms with van der Waals surface area (Å²) in [6.45, 7) is 6.67. The van der Waals surface area contributed by atoms with Crippen LogP contribution in [0, 0.1) is 46.3 Å². The van der Waals surface area contributed by atoms with Crippen molar-refractivity contribution in [1.29, 1.82) is 0 Å². The van der Waals surface area contributed by atoms with E-state index in [2.05, 4.69) is 20.8 Å². The van der Waals surface area contributed by atoms with Crippen molar-refractivity contribution < 1.29 is 25.2 Å². The third-order valence-corrected chi connectivity index (χ3v) is 10.3. The molecule has 0 heterocycles. The monoisotopic (exact) mass is 407 g/mol. The molecule has 0 aromatic rings. The van der Waals surface area contributed by atoms with Crippen LogP contribution in [0.1, 0.15) is 78.6 Å². The highest BCUT2D eigenvalue weighted by Gasteiger charge is 2.65. The van der Waals surface area contributed by atoms with Crippen LogP contribution in [0.5, 0.6) is 0 Å². The second-order valence-electron chi connectivity index (χ2n) is 11.4. The Morgan fingerprint density at radius 1 is 1.07 bits per heavy atom. The highest BCUT2D eigenvalue weighted by Crippen LogP contribution is 2.68. The molecule has 0 amide bonds. The van der Waals surface area contributed by atoms with Crippen LogP contribution in [0.4, 0.5) is 0 Å². The van der Waals surface area contributed by atoms with Crippen molar-refractivity contribution >= 4 is 5.97 Å². The summed E-state index contributed by atoms with van der Waals surface area (Å²) in [5, 5.41) is 43.9. The zero-order valence-corrected chi connectivity index (χ0v) is 18.2. The lowest BCUT2D eigenvalue weighted by Crippen LogP contribution is -2.62. The first kappa shape index (κ1) is 21.6. The van der Waals surface area contributed by atoms with Crippen molar-refractivity contribution in [1.82, 2.24) is 0 Å². The van der Waals surface area contributed by atoms with Gasteiger partial charge in [0, 0.05) is 5.97 Å². The van der Waals surface area contributed by atoms with E-state index in [0.717, 1.165) is 44.9 Å². The molecule has 11 atom stereocenters. The summed E-state index contributed by atoms with van der Waals surface area (Å²) < 4.78 is 0. The highest BCUT2D eigenvalue weighted by molar-refractivity contribution is 5.64. The van der Waals surface area contributed by atoms with Crippen molar-refractivity contribution in [3.8, 4) is 0 Å². The number of hydrogen-bond donors (Lipinski definition) is 3. The van der Waals surface area contributed by atoms with Gasteiger partial charge in [-0.15, -0.1) is 0 Å². The first-order valence-electron chi connectivity index (χ1n) is 11.8. The lowest BCUT2D eigenvalue weighted by molar-refractivity contribution is -0.306. The van der Waals surface area contributed by atoms with Gasteiger partial charge in [0.25, 0.3) is 0 Å². The maximum Gasteiger partial charge on any atom is 0.0602 e. The fraction of sp³-hybridized carbons (Fsp3) is 0.958. The maximum absolute atomic E-state index is 11.5. The van der Waals surface area contributed by atoms with Crippen molar-refractivity contribution in [2.24, 2.45) is 46.3 Å². The Morgan fingerprint density at radius 2 is 1.79 bits per heavy atom. The molecule has 5 heteroatoms. The van der Waals surface area contributed by atoms with Gasteiger partial charge >= 0.3 is 0 Å². The molecule has 5 nitrogen and oxygen atoms in total. The molecule has 0 aromatic heterocycles. The Labute approximate surface area is 174 Å². The van der Waals surface area contributed by atoms with Crippen LogP contribution in [0.3, 0.4) is 0 Å². The molecule has 3 N–H and O–H groups in total. The number of fused-ring (bicyclic) bond motifs is 5. The molecule has 4 fully saturated rings. The van der Waals surface area contributed by atoms with E-state index in [1.165, 1.54) is 0 Å². The number of aliphatic hydroxyl groups is 3. The van der Waals surface area contributed by atoms with Gasteiger partial charge in [0.2, 0.25) is 0 Å². The molecule has 0 bridgehead atoms. The second-order valence-corrected chi connectivity index (χ2v) is 11.4. The van der Waals surface area contributed by atoms with E-state index in [1.54, 1.807) is 0 Å². The van der Waals surface area contributed by atoms with Crippen LogP contribution in [0.2, 0.25) is 0 Å². The molecule has 4 aliphatic rings. The van der Waals surface area contributed by atoms with E-state index in [0.29, 0.717) is 18.3 Å². The Kier molecular flexibility index (Phi) is 5.57. The Bertz CT molecular complexity index is 637. The molecule has 0 aliphatic heterocycles. The maximum atomic E-state index is 11.5. The first-order chi connectivity index (χ1) is 13.6. The van der Waals surface area contributed by atoms with Crippen molar-refractivity contribution in [3.63, 3.8) is 0 Å². The molecular weight excluding hydrogens is 368 g/mol. The van der Waals surface area contributed by atoms with Crippen molar-refractivity contribution in [2.75, 3.05) is 0 Å². The zero-order valence-electron chi connectivity index (χ0n) is 18.2. The van der Waals surface area contributed by atoms with E-state index in [9.17, 15) is 25.2 Å². The van der Waals surface area contributed by atoms with Gasteiger partial charge in [-0.2, -0.15) is 0 Å². The van der Waals surface area contributed by atoms with E-state index >= 15 is 0 Å². The van der Waals surface area contributed by atoms with Crippen LogP contribution in [-0.4, -0.2) is 39.6 Å². The molecule has 0 saturated heterocycles. The summed E-state index contributed by atoms with van der Waals surface area (Å²) in [5.41, 5.74) is -0.172. The summed E-state index contributed by atoms with van der Waals surface area (Å²) in [7, 11) is 0. The van der Waals surface area contributed by atoms with Gasteiger partial charge in [-0.05, 0) is 104 Å². The van der Waals surface area contributed by atoms with Crippen LogP contribution >= 0.6 is 0 Å². The highest BCUT2D eigenvalue weighted by atomic mass is 16.4. The minimum Gasteiger partial charge on any atom is -0.550 e. The van der Waals surface area contributed by atoms with Gasteiger partial charge in [-0.1, -0.05) is 20.8 Å². The molecule has 4 saturated carbocycles. The molecule has 166 valence electrons. The second kappa shape index (κ2) is 7.49. The van der Waals surface area contributed by atoms with Gasteiger partial charge in [0.15, 0.2) is 0 Å². The number of aliphatic carboxylic acids is 1. The molecule has 4 rings (SSSR count). The fourth-order valence-electron chi connectivity index (χ4n) is 8.68. The number of carbonyl (C=O) groups is 1. The Balaban J connectivity index is 1.61. The standard InChI is InChI=1S/C24H40O5/c1-13(4-7-21(28)29)16-5-6-17-22-18(12-20(27)24(16,17)3)23(2)9-8-15(25)10-14(23)11-19(22)26/h13-20,22,25-27H,4-12H2,1-3H3,(H,28,29)/p-1/t13-,14+,15-,16?,17+,18+,19-,20-,22-,23+,24-/m1/s1. The molecule has 1 unspecified atom stereocenters. The zero-order chi connectivity index (χ0) is 21.1. The number of aliphatic hydroxyl groups excluding tert-OH is 3. The largest absolute Gasteiger partial charge is 0.550 e. The van der Waals surface area contributed by atoms with Gasteiger partial charge in [0.1, 0.15) is 0 Å². The summed E-state index contributed by atoms with van der Waals surface area (Å²) >= 11 is 0. The summed E-state index contributed by atoms with van der Waals surface area (Å²) in [5.74, 6) is 0.635. The summed E-state index contributed by atoms with van der Waals surface area (Å²) in [4.78, 5) is 11.0. The first-order valence-corrected chi connectivity index (χ1v) is 11.8. The summed E-state index contributed by atoms with van der Waals surface area (Å²) in [6.07, 6.45) is 5.72. The normalized spacial score (nSPS) is 52.9. The van der Waals surface area contributed by atoms with E-state index < -0.39 is 12.1 Å². The van der Waals surface area contributed by atoms with Gasteiger partial charge < -0.3 is 25.2 Å². The molecular formula is C24H39O5-. The Hall–Kier alpha value is -0.650. The number of carboxylic acid groups (broad SMARTS) is 1. The van der Waals surface area contributed by atoms with E-state index in [-0.39, 0.29) is 53.1 Å². The lowest BCUT2D eigenvalue weighted by Gasteiger charge is -2.63. The van der Waals surface area contributed by atoms with E-state index in [4.69, 9.17) is 0 Å². The lowest BCUT2D eigenvalue weighted by atomic mass is 9.43. The third kappa shape index (κ3) is 3.27. The van der Waals surface area contributed by atoms with Crippen LogP contribution in [0.25, 0.3) is 0 Å². The molecule has 4 aliphatic carbocycles. The third-order valence-electron chi connectivity index (χ3n) is 10.3. The SMILES string of the molecule is C[C@H](CCC(=O)[O-])C1CC[C@H]2[C@H]3[C@H](O)C[C@@H]4C[C@H](O)CC[C@]4(C)[C@H]3C[C@@H](O)[C@]12C. The average molecular weight is 408 g/mol. The van der Waals surface area contributed by atoms with Gasteiger partial charge in [0.05, 0.1) is 18.3 Å². The van der Waals surface area contributed by atoms with Crippen molar-refractivity contribution in [2.45, 2.75) is 96.9 Å². The number of carbonyl (C=O) groups excluding carboxylic acids is 1. The fourth-order valence-corrected chi connectivity index (χ4v) is 8.68.